The Kier molecular flexibility index (Phi) is 5.30. The van der Waals surface area contributed by atoms with E-state index in [-0.39, 0.29) is 17.9 Å². The first-order valence-corrected chi connectivity index (χ1v) is 12.2. The van der Waals surface area contributed by atoms with Crippen molar-refractivity contribution in [3.8, 4) is 0 Å². The predicted molar refractivity (Wildman–Crippen MR) is 126 cm³/mol. The Hall–Kier alpha value is -2.31. The summed E-state index contributed by atoms with van der Waals surface area (Å²) in [7, 11) is 0. The van der Waals surface area contributed by atoms with Gasteiger partial charge in [0, 0.05) is 16.8 Å². The second-order valence-electron chi connectivity index (χ2n) is 8.84. The van der Waals surface area contributed by atoms with Crippen molar-refractivity contribution in [1.82, 2.24) is 9.88 Å². The molecule has 3 aromatic rings. The van der Waals surface area contributed by atoms with Gasteiger partial charge in [0.25, 0.3) is 5.91 Å². The van der Waals surface area contributed by atoms with Crippen LogP contribution in [0.1, 0.15) is 55.9 Å². The molecule has 0 spiro atoms. The molecule has 7 heteroatoms. The molecule has 2 amide bonds. The highest BCUT2D eigenvalue weighted by Gasteiger charge is 2.49. The van der Waals surface area contributed by atoms with Crippen LogP contribution in [0.4, 0.5) is 5.69 Å². The number of amides is 2. The van der Waals surface area contributed by atoms with Crippen LogP contribution in [0.3, 0.4) is 0 Å². The number of halogens is 1. The van der Waals surface area contributed by atoms with Gasteiger partial charge in [-0.3, -0.25) is 14.5 Å². The molecule has 1 atom stereocenters. The van der Waals surface area contributed by atoms with Gasteiger partial charge < -0.3 is 9.88 Å². The summed E-state index contributed by atoms with van der Waals surface area (Å²) >= 11 is 7.71. The topological polar surface area (TPSA) is 54.3 Å². The first-order valence-electron chi connectivity index (χ1n) is 11.0. The number of rotatable bonds is 3. The maximum Gasteiger partial charge on any atom is 0.275 e. The van der Waals surface area contributed by atoms with Crippen LogP contribution in [0, 0.1) is 0 Å². The molecule has 162 valence electrons. The minimum absolute atomic E-state index is 0.0922. The zero-order valence-electron chi connectivity index (χ0n) is 17.6. The predicted octanol–water partition coefficient (Wildman–Crippen LogP) is 5.61. The highest BCUT2D eigenvalue weighted by molar-refractivity contribution is 7.17. The van der Waals surface area contributed by atoms with Crippen molar-refractivity contribution in [2.75, 3.05) is 4.90 Å². The maximum atomic E-state index is 13.8. The quantitative estimate of drug-likeness (QED) is 0.521. The van der Waals surface area contributed by atoms with E-state index < -0.39 is 5.54 Å². The number of benzene rings is 1. The van der Waals surface area contributed by atoms with E-state index in [0.29, 0.717) is 22.9 Å². The molecule has 1 aliphatic carbocycles. The van der Waals surface area contributed by atoms with Crippen LogP contribution in [-0.2, 0) is 11.3 Å². The van der Waals surface area contributed by atoms with Gasteiger partial charge in [-0.05, 0) is 61.5 Å². The fourth-order valence-corrected chi connectivity index (χ4v) is 5.92. The minimum Gasteiger partial charge on any atom is -0.351 e. The fourth-order valence-electron chi connectivity index (χ4n) is 4.97. The van der Waals surface area contributed by atoms with E-state index in [9.17, 15) is 9.59 Å². The molecule has 5 rings (SSSR count). The number of hydrogen-bond donors (Lipinski definition) is 1. The van der Waals surface area contributed by atoms with Crippen molar-refractivity contribution < 1.29 is 9.59 Å². The van der Waals surface area contributed by atoms with Gasteiger partial charge in [0.15, 0.2) is 0 Å². The van der Waals surface area contributed by atoms with E-state index >= 15 is 0 Å². The summed E-state index contributed by atoms with van der Waals surface area (Å²) in [6.07, 6.45) is 6.72. The maximum absolute atomic E-state index is 13.8. The van der Waals surface area contributed by atoms with Crippen LogP contribution < -0.4 is 10.2 Å². The van der Waals surface area contributed by atoms with Gasteiger partial charge in [0.05, 0.1) is 16.8 Å². The molecule has 1 saturated carbocycles. The third kappa shape index (κ3) is 3.56. The molecule has 1 aliphatic heterocycles. The molecular formula is C24H26ClN3O2S. The molecule has 0 bridgehead atoms. The molecule has 1 aromatic carbocycles. The number of thiophene rings is 1. The SMILES string of the molecule is C[C@]1(C(=O)NC2CCCCCC2)Cn2c(cc3sccc32)C(=O)N1c1ccc(Cl)cc1. The average Bonchev–Trinajstić information content (AvgIpc) is 3.24. The third-order valence-corrected chi connectivity index (χ3v) is 7.77. The van der Waals surface area contributed by atoms with Gasteiger partial charge in [0.1, 0.15) is 11.2 Å². The molecular weight excluding hydrogens is 430 g/mol. The summed E-state index contributed by atoms with van der Waals surface area (Å²) in [5.41, 5.74) is 1.27. The molecule has 2 aliphatic rings. The van der Waals surface area contributed by atoms with Gasteiger partial charge in [-0.1, -0.05) is 37.3 Å². The molecule has 2 aromatic heterocycles. The Morgan fingerprint density at radius 2 is 1.84 bits per heavy atom. The molecule has 1 fully saturated rings. The van der Waals surface area contributed by atoms with Crippen LogP contribution in [0.25, 0.3) is 10.2 Å². The molecule has 1 N–H and O–H groups in total. The summed E-state index contributed by atoms with van der Waals surface area (Å²) in [6.45, 7) is 2.29. The number of anilines is 1. The van der Waals surface area contributed by atoms with Crippen molar-refractivity contribution in [1.29, 1.82) is 0 Å². The molecule has 0 radical (unpaired) electrons. The summed E-state index contributed by atoms with van der Waals surface area (Å²) in [5.74, 6) is -0.249. The second-order valence-corrected chi connectivity index (χ2v) is 10.2. The summed E-state index contributed by atoms with van der Waals surface area (Å²) in [6, 6.07) is 11.3. The summed E-state index contributed by atoms with van der Waals surface area (Å²) in [5, 5.41) is 5.92. The molecule has 5 nitrogen and oxygen atoms in total. The van der Waals surface area contributed by atoms with Crippen LogP contribution in [0.5, 0.6) is 0 Å². The zero-order chi connectivity index (χ0) is 21.6. The highest BCUT2D eigenvalue weighted by Crippen LogP contribution is 2.37. The zero-order valence-corrected chi connectivity index (χ0v) is 19.1. The van der Waals surface area contributed by atoms with Crippen molar-refractivity contribution in [3.63, 3.8) is 0 Å². The minimum atomic E-state index is -1.04. The van der Waals surface area contributed by atoms with Gasteiger partial charge in [-0.25, -0.2) is 0 Å². The Balaban J connectivity index is 1.57. The van der Waals surface area contributed by atoms with Crippen LogP contribution in [0.2, 0.25) is 5.02 Å². The van der Waals surface area contributed by atoms with Crippen molar-refractivity contribution in [2.45, 2.75) is 63.6 Å². The fraction of sp³-hybridized carbons (Fsp3) is 0.417. The van der Waals surface area contributed by atoms with E-state index in [1.54, 1.807) is 28.4 Å². The smallest absolute Gasteiger partial charge is 0.275 e. The second kappa shape index (κ2) is 7.99. The monoisotopic (exact) mass is 455 g/mol. The van der Waals surface area contributed by atoms with Crippen LogP contribution >= 0.6 is 22.9 Å². The number of fused-ring (bicyclic) bond motifs is 3. The summed E-state index contributed by atoms with van der Waals surface area (Å²) < 4.78 is 3.07. The number of carbonyl (C=O) groups excluding carboxylic acids is 2. The average molecular weight is 456 g/mol. The van der Waals surface area contributed by atoms with Crippen LogP contribution in [-0.4, -0.2) is 28.0 Å². The van der Waals surface area contributed by atoms with E-state index in [1.807, 2.05) is 41.1 Å². The van der Waals surface area contributed by atoms with E-state index in [2.05, 4.69) is 5.32 Å². The van der Waals surface area contributed by atoms with Crippen molar-refractivity contribution in [2.24, 2.45) is 0 Å². The molecule has 0 unspecified atom stereocenters. The number of nitrogens with zero attached hydrogens (tertiary/aromatic N) is 2. The van der Waals surface area contributed by atoms with Crippen LogP contribution in [0.15, 0.2) is 41.8 Å². The van der Waals surface area contributed by atoms with Gasteiger partial charge >= 0.3 is 0 Å². The van der Waals surface area contributed by atoms with Crippen molar-refractivity contribution >= 4 is 50.7 Å². The third-order valence-electron chi connectivity index (χ3n) is 6.67. The molecule has 0 saturated heterocycles. The number of carbonyl (C=O) groups is 2. The largest absolute Gasteiger partial charge is 0.351 e. The van der Waals surface area contributed by atoms with E-state index in [1.165, 1.54) is 12.8 Å². The normalized spacial score (nSPS) is 22.4. The number of nitrogens with one attached hydrogen (secondary N) is 1. The number of aromatic nitrogens is 1. The lowest BCUT2D eigenvalue weighted by molar-refractivity contribution is -0.127. The van der Waals surface area contributed by atoms with Gasteiger partial charge in [-0.2, -0.15) is 0 Å². The molecule has 31 heavy (non-hydrogen) atoms. The standard InChI is InChI=1S/C24H26ClN3O2S/c1-24(23(30)26-17-6-4-2-3-5-7-17)15-27-19-12-13-31-21(19)14-20(27)22(29)28(24)18-10-8-16(25)9-11-18/h8-14,17H,2-7,15H2,1H3,(H,26,30)/t24-/m1/s1. The van der Waals surface area contributed by atoms with Gasteiger partial charge in [0.2, 0.25) is 5.91 Å². The lowest BCUT2D eigenvalue weighted by Crippen LogP contribution is -2.65. The lowest BCUT2D eigenvalue weighted by atomic mass is 9.93. The Bertz CT molecular complexity index is 1130. The number of hydrogen-bond acceptors (Lipinski definition) is 3. The Morgan fingerprint density at radius 1 is 1.13 bits per heavy atom. The Morgan fingerprint density at radius 3 is 2.55 bits per heavy atom. The highest BCUT2D eigenvalue weighted by atomic mass is 35.5. The van der Waals surface area contributed by atoms with Crippen molar-refractivity contribution in [3.05, 3.63) is 52.5 Å². The van der Waals surface area contributed by atoms with E-state index in [4.69, 9.17) is 11.6 Å². The lowest BCUT2D eigenvalue weighted by Gasteiger charge is -2.44. The Labute approximate surface area is 191 Å². The first-order chi connectivity index (χ1) is 15.0. The van der Waals surface area contributed by atoms with Gasteiger partial charge in [-0.15, -0.1) is 11.3 Å². The first kappa shape index (κ1) is 20.6. The summed E-state index contributed by atoms with van der Waals surface area (Å²) in [4.78, 5) is 29.2. The van der Waals surface area contributed by atoms with E-state index in [0.717, 1.165) is 35.9 Å². The molecule has 3 heterocycles.